The molecule has 1 amide bonds. The van der Waals surface area contributed by atoms with Crippen molar-refractivity contribution in [1.29, 1.82) is 0 Å². The number of likely N-dealkylation sites (N-methyl/N-ethyl adjacent to an activating group) is 1. The lowest BCUT2D eigenvalue weighted by Gasteiger charge is -2.34. The molecule has 0 atom stereocenters. The van der Waals surface area contributed by atoms with E-state index in [-0.39, 0.29) is 30.6 Å². The molecule has 0 bridgehead atoms. The summed E-state index contributed by atoms with van der Waals surface area (Å²) in [7, 11) is 1.94. The lowest BCUT2D eigenvalue weighted by Crippen LogP contribution is -2.44. The molecule has 1 saturated carbocycles. The lowest BCUT2D eigenvalue weighted by molar-refractivity contribution is -0.137. The van der Waals surface area contributed by atoms with Crippen molar-refractivity contribution in [3.8, 4) is 0 Å². The molecule has 4 rings (SSSR count). The van der Waals surface area contributed by atoms with E-state index in [1.807, 2.05) is 11.9 Å². The van der Waals surface area contributed by atoms with Gasteiger partial charge in [0.1, 0.15) is 11.4 Å². The highest BCUT2D eigenvalue weighted by Crippen LogP contribution is 2.39. The van der Waals surface area contributed by atoms with E-state index in [9.17, 15) is 31.1 Å². The zero-order chi connectivity index (χ0) is 28.2. The predicted molar refractivity (Wildman–Crippen MR) is 135 cm³/mol. The van der Waals surface area contributed by atoms with Crippen LogP contribution in [0.25, 0.3) is 0 Å². The van der Waals surface area contributed by atoms with E-state index < -0.39 is 35.2 Å². The van der Waals surface area contributed by atoms with Crippen LogP contribution in [0, 0.1) is 5.92 Å². The van der Waals surface area contributed by atoms with Crippen LogP contribution in [0.3, 0.4) is 0 Å². The second kappa shape index (κ2) is 11.8. The molecule has 1 aromatic carbocycles. The van der Waals surface area contributed by atoms with Gasteiger partial charge >= 0.3 is 12.4 Å². The number of amides is 1. The molecule has 2 fully saturated rings. The van der Waals surface area contributed by atoms with Crippen LogP contribution >= 0.6 is 0 Å². The fraction of sp³-hybridized carbons (Fsp3) is 0.560. The van der Waals surface area contributed by atoms with Gasteiger partial charge in [0.05, 0.1) is 11.3 Å². The van der Waals surface area contributed by atoms with Crippen molar-refractivity contribution in [1.82, 2.24) is 20.2 Å². The Morgan fingerprint density at radius 3 is 2.31 bits per heavy atom. The molecule has 0 unspecified atom stereocenters. The number of carbonyl (C=O) groups is 1. The molecular weight excluding hydrogens is 528 g/mol. The number of anilines is 4. The van der Waals surface area contributed by atoms with Crippen LogP contribution in [0.1, 0.15) is 36.8 Å². The normalized spacial score (nSPS) is 17.1. The Morgan fingerprint density at radius 1 is 1.00 bits per heavy atom. The van der Waals surface area contributed by atoms with Crippen molar-refractivity contribution in [3.63, 3.8) is 0 Å². The molecule has 39 heavy (non-hydrogen) atoms. The zero-order valence-corrected chi connectivity index (χ0v) is 21.4. The summed E-state index contributed by atoms with van der Waals surface area (Å²) in [6.45, 7) is 2.89. The molecule has 214 valence electrons. The van der Waals surface area contributed by atoms with Crippen molar-refractivity contribution in [2.45, 2.75) is 38.0 Å². The molecule has 8 nitrogen and oxygen atoms in total. The van der Waals surface area contributed by atoms with Crippen molar-refractivity contribution in [2.24, 2.45) is 5.92 Å². The zero-order valence-electron chi connectivity index (χ0n) is 21.4. The summed E-state index contributed by atoms with van der Waals surface area (Å²) in [5.74, 6) is -1.04. The van der Waals surface area contributed by atoms with Gasteiger partial charge in [-0.3, -0.25) is 4.79 Å². The van der Waals surface area contributed by atoms with Crippen LogP contribution < -0.4 is 20.9 Å². The molecular formula is C25H31F6N7O. The molecule has 3 N–H and O–H groups in total. The maximum Gasteiger partial charge on any atom is 0.421 e. The highest BCUT2D eigenvalue weighted by Gasteiger charge is 2.37. The molecule has 1 aliphatic carbocycles. The maximum absolute atomic E-state index is 13.9. The number of carbonyl (C=O) groups excluding carboxylic acids is 1. The Labute approximate surface area is 222 Å². The van der Waals surface area contributed by atoms with E-state index in [0.717, 1.165) is 25.3 Å². The van der Waals surface area contributed by atoms with E-state index in [2.05, 4.69) is 30.8 Å². The van der Waals surface area contributed by atoms with Crippen molar-refractivity contribution in [3.05, 3.63) is 35.5 Å². The molecule has 1 aliphatic heterocycles. The smallest absolute Gasteiger partial charge is 0.369 e. The number of hydrogen-bond acceptors (Lipinski definition) is 7. The van der Waals surface area contributed by atoms with Crippen LogP contribution in [0.15, 0.2) is 24.4 Å². The molecule has 2 heterocycles. The highest BCUT2D eigenvalue weighted by molar-refractivity contribution is 5.79. The second-order valence-electron chi connectivity index (χ2n) is 9.80. The number of nitrogens with zero attached hydrogens (tertiary/aromatic N) is 4. The van der Waals surface area contributed by atoms with Gasteiger partial charge in [-0.15, -0.1) is 0 Å². The number of hydrogen-bond donors (Lipinski definition) is 3. The van der Waals surface area contributed by atoms with Gasteiger partial charge < -0.3 is 25.8 Å². The van der Waals surface area contributed by atoms with Gasteiger partial charge in [0, 0.05) is 57.1 Å². The second-order valence-corrected chi connectivity index (χ2v) is 9.80. The Balaban J connectivity index is 1.47. The van der Waals surface area contributed by atoms with Gasteiger partial charge in [0.2, 0.25) is 11.9 Å². The van der Waals surface area contributed by atoms with Crippen molar-refractivity contribution < 1.29 is 31.1 Å². The van der Waals surface area contributed by atoms with E-state index in [0.29, 0.717) is 44.5 Å². The minimum absolute atomic E-state index is 0.00232. The van der Waals surface area contributed by atoms with E-state index in [4.69, 9.17) is 0 Å². The Hall–Kier alpha value is -3.29. The topological polar surface area (TPSA) is 85.4 Å². The summed E-state index contributed by atoms with van der Waals surface area (Å²) < 4.78 is 82.4. The number of benzene rings is 1. The first-order valence-corrected chi connectivity index (χ1v) is 12.8. The first-order valence-electron chi connectivity index (χ1n) is 12.8. The Bertz CT molecular complexity index is 1140. The molecule has 14 heteroatoms. The van der Waals surface area contributed by atoms with Crippen LogP contribution in [0.2, 0.25) is 0 Å². The van der Waals surface area contributed by atoms with Crippen LogP contribution in [0.5, 0.6) is 0 Å². The SMILES string of the molecule is CN1CCN(c2ccc(Nc3ncc(C(F)(F)F)c(NCCCNC(=O)C4CCC4)n3)c(C(F)(F)F)c2)CC1. The number of aromatic nitrogens is 2. The monoisotopic (exact) mass is 559 g/mol. The molecule has 1 saturated heterocycles. The fourth-order valence-corrected chi connectivity index (χ4v) is 4.36. The Morgan fingerprint density at radius 2 is 1.69 bits per heavy atom. The maximum atomic E-state index is 13.9. The van der Waals surface area contributed by atoms with E-state index in [1.54, 1.807) is 0 Å². The summed E-state index contributed by atoms with van der Waals surface area (Å²) >= 11 is 0. The number of alkyl halides is 6. The lowest BCUT2D eigenvalue weighted by atomic mass is 9.85. The largest absolute Gasteiger partial charge is 0.421 e. The number of nitrogens with one attached hydrogen (secondary N) is 3. The molecule has 1 aromatic heterocycles. The van der Waals surface area contributed by atoms with Crippen molar-refractivity contribution in [2.75, 3.05) is 61.8 Å². The van der Waals surface area contributed by atoms with Gasteiger partial charge in [0.25, 0.3) is 0 Å². The van der Waals surface area contributed by atoms with Gasteiger partial charge in [-0.05, 0) is 44.5 Å². The first kappa shape index (κ1) is 28.7. The summed E-state index contributed by atoms with van der Waals surface area (Å²) in [5, 5.41) is 7.78. The van der Waals surface area contributed by atoms with Gasteiger partial charge in [-0.25, -0.2) is 4.98 Å². The van der Waals surface area contributed by atoms with Crippen LogP contribution in [-0.2, 0) is 17.1 Å². The third-order valence-electron chi connectivity index (χ3n) is 6.94. The third kappa shape index (κ3) is 7.43. The van der Waals surface area contributed by atoms with E-state index >= 15 is 0 Å². The molecule has 2 aromatic rings. The molecule has 0 spiro atoms. The average molecular weight is 560 g/mol. The van der Waals surface area contributed by atoms with Crippen LogP contribution in [0.4, 0.5) is 49.5 Å². The van der Waals surface area contributed by atoms with Crippen LogP contribution in [-0.4, -0.2) is 67.1 Å². The van der Waals surface area contributed by atoms with E-state index in [1.165, 1.54) is 12.1 Å². The minimum atomic E-state index is -4.78. The average Bonchev–Trinajstić information content (AvgIpc) is 2.82. The Kier molecular flexibility index (Phi) is 8.72. The highest BCUT2D eigenvalue weighted by atomic mass is 19.4. The first-order chi connectivity index (χ1) is 18.4. The molecule has 2 aliphatic rings. The quantitative estimate of drug-likeness (QED) is 0.303. The third-order valence-corrected chi connectivity index (χ3v) is 6.94. The standard InChI is InChI=1S/C25H31F6N7O/c1-37-10-12-38(13-11-37)17-6-7-20(18(14-17)24(26,27)28)35-23-34-15-19(25(29,30)31)21(36-23)32-8-3-9-33-22(39)16-4-2-5-16/h6-7,14-16H,2-5,8-13H2,1H3,(H,33,39)(H2,32,34,35,36). The van der Waals surface area contributed by atoms with Gasteiger partial charge in [-0.1, -0.05) is 6.42 Å². The number of halogens is 6. The molecule has 0 radical (unpaired) electrons. The number of piperazine rings is 1. The summed E-state index contributed by atoms with van der Waals surface area (Å²) in [5.41, 5.74) is -2.09. The van der Waals surface area contributed by atoms with Gasteiger partial charge in [-0.2, -0.15) is 31.3 Å². The summed E-state index contributed by atoms with van der Waals surface area (Å²) in [6, 6.07) is 3.79. The fourth-order valence-electron chi connectivity index (χ4n) is 4.36. The predicted octanol–water partition coefficient (Wildman–Crippen LogP) is 4.73. The number of rotatable bonds is 9. The minimum Gasteiger partial charge on any atom is -0.369 e. The summed E-state index contributed by atoms with van der Waals surface area (Å²) in [6.07, 6.45) is -5.96. The van der Waals surface area contributed by atoms with Gasteiger partial charge in [0.15, 0.2) is 0 Å². The van der Waals surface area contributed by atoms with Crippen molar-refractivity contribution >= 4 is 29.0 Å². The summed E-state index contributed by atoms with van der Waals surface area (Å²) in [4.78, 5) is 23.3.